The molecular weight excluding hydrogens is 543 g/mol. The van der Waals surface area contributed by atoms with Crippen molar-refractivity contribution in [1.82, 2.24) is 4.98 Å². The van der Waals surface area contributed by atoms with Gasteiger partial charge in [-0.3, -0.25) is 4.99 Å². The van der Waals surface area contributed by atoms with Gasteiger partial charge in [0.15, 0.2) is 17.1 Å². The van der Waals surface area contributed by atoms with Crippen molar-refractivity contribution in [3.63, 3.8) is 0 Å². The monoisotopic (exact) mass is 552 g/mol. The molecule has 1 heterocycles. The molecule has 1 N–H and O–H groups in total. The van der Waals surface area contributed by atoms with Crippen LogP contribution in [0.4, 0.5) is 10.1 Å². The lowest BCUT2D eigenvalue weighted by atomic mass is 10.2. The molecule has 0 aliphatic carbocycles. The zero-order valence-corrected chi connectivity index (χ0v) is 19.2. The number of hydrogen-bond donors (Lipinski definition) is 1. The Morgan fingerprint density at radius 1 is 1.20 bits per heavy atom. The molecule has 1 aromatic heterocycles. The van der Waals surface area contributed by atoms with Crippen LogP contribution in [0, 0.1) is 5.82 Å². The van der Waals surface area contributed by atoms with E-state index >= 15 is 0 Å². The Labute approximate surface area is 192 Å². The minimum absolute atomic E-state index is 0.0351. The van der Waals surface area contributed by atoms with E-state index in [1.165, 1.54) is 31.5 Å². The number of hydrogen-bond acceptors (Lipinski definition) is 5. The summed E-state index contributed by atoms with van der Waals surface area (Å²) in [7, 11) is 1.47. The summed E-state index contributed by atoms with van der Waals surface area (Å²) in [6.45, 7) is 0. The first-order valence-corrected chi connectivity index (χ1v) is 10.5. The van der Waals surface area contributed by atoms with Gasteiger partial charge in [0.2, 0.25) is 5.89 Å². The third-order valence-corrected chi connectivity index (χ3v) is 6.61. The first-order chi connectivity index (χ1) is 14.4. The number of aliphatic imine (C=N–C) groups is 1. The van der Waals surface area contributed by atoms with Crippen LogP contribution in [0.2, 0.25) is 5.02 Å². The average Bonchev–Trinajstić information content (AvgIpc) is 3.13. The van der Waals surface area contributed by atoms with Gasteiger partial charge in [0.25, 0.3) is 0 Å². The summed E-state index contributed by atoms with van der Waals surface area (Å²) in [5.74, 6) is 0.134. The lowest BCUT2D eigenvalue weighted by molar-refractivity contribution is 0.372. The van der Waals surface area contributed by atoms with E-state index in [9.17, 15) is 9.50 Å². The second-order valence-corrected chi connectivity index (χ2v) is 8.24. The smallest absolute Gasteiger partial charge is 0.228 e. The number of halogens is 4. The highest BCUT2D eigenvalue weighted by Gasteiger charge is 2.15. The molecule has 5 nitrogen and oxygen atoms in total. The Kier molecular flexibility index (Phi) is 5.81. The van der Waals surface area contributed by atoms with Crippen molar-refractivity contribution in [2.24, 2.45) is 4.99 Å². The molecule has 4 aromatic rings. The summed E-state index contributed by atoms with van der Waals surface area (Å²) in [6.07, 6.45) is 1.52. The molecule has 0 atom stereocenters. The number of oxazole rings is 1. The van der Waals surface area contributed by atoms with Gasteiger partial charge in [-0.15, -0.1) is 0 Å². The molecule has 0 saturated carbocycles. The van der Waals surface area contributed by atoms with Crippen molar-refractivity contribution in [2.45, 2.75) is 0 Å². The van der Waals surface area contributed by atoms with Crippen LogP contribution < -0.4 is 4.74 Å². The van der Waals surface area contributed by atoms with Crippen molar-refractivity contribution in [1.29, 1.82) is 0 Å². The van der Waals surface area contributed by atoms with Gasteiger partial charge < -0.3 is 14.3 Å². The van der Waals surface area contributed by atoms with Crippen LogP contribution in [0.15, 0.2) is 60.8 Å². The highest BCUT2D eigenvalue weighted by Crippen LogP contribution is 2.40. The Balaban J connectivity index is 1.71. The molecule has 152 valence electrons. The molecule has 0 unspecified atom stereocenters. The van der Waals surface area contributed by atoms with Gasteiger partial charge in [-0.05, 0) is 74.3 Å². The van der Waals surface area contributed by atoms with Gasteiger partial charge in [-0.25, -0.2) is 9.37 Å². The predicted molar refractivity (Wildman–Crippen MR) is 122 cm³/mol. The Bertz CT molecular complexity index is 1310. The molecule has 0 fully saturated rings. The second-order valence-electron chi connectivity index (χ2n) is 6.19. The number of aromatic nitrogens is 1. The Hall–Kier alpha value is -2.42. The van der Waals surface area contributed by atoms with Crippen LogP contribution in [0.25, 0.3) is 22.6 Å². The van der Waals surface area contributed by atoms with Crippen LogP contribution >= 0.6 is 43.5 Å². The third kappa shape index (κ3) is 3.95. The molecule has 30 heavy (non-hydrogen) atoms. The lowest BCUT2D eigenvalue weighted by Crippen LogP contribution is -1.91. The van der Waals surface area contributed by atoms with E-state index in [-0.39, 0.29) is 16.7 Å². The molecule has 0 saturated heterocycles. The van der Waals surface area contributed by atoms with Crippen LogP contribution in [0.5, 0.6) is 11.5 Å². The summed E-state index contributed by atoms with van der Waals surface area (Å²) in [5, 5.41) is 10.6. The fourth-order valence-corrected chi connectivity index (χ4v) is 3.87. The van der Waals surface area contributed by atoms with Crippen LogP contribution in [-0.4, -0.2) is 23.4 Å². The van der Waals surface area contributed by atoms with Gasteiger partial charge >= 0.3 is 0 Å². The minimum atomic E-state index is -0.435. The highest BCUT2D eigenvalue weighted by atomic mass is 79.9. The largest absolute Gasteiger partial charge is 0.504 e. The normalized spacial score (nSPS) is 11.5. The van der Waals surface area contributed by atoms with Crippen molar-refractivity contribution in [3.05, 3.63) is 67.8 Å². The molecule has 0 spiro atoms. The number of ether oxygens (including phenoxy) is 1. The quantitative estimate of drug-likeness (QED) is 0.269. The summed E-state index contributed by atoms with van der Waals surface area (Å²) in [5.41, 5.74) is 2.65. The number of nitrogens with zero attached hydrogens (tertiary/aromatic N) is 2. The fraction of sp³-hybridized carbons (Fsp3) is 0.0476. The maximum Gasteiger partial charge on any atom is 0.228 e. The molecule has 0 aliphatic rings. The molecule has 3 aromatic carbocycles. The van der Waals surface area contributed by atoms with E-state index in [2.05, 4.69) is 41.8 Å². The van der Waals surface area contributed by atoms with Crippen molar-refractivity contribution >= 4 is 66.5 Å². The van der Waals surface area contributed by atoms with E-state index in [1.54, 1.807) is 24.3 Å². The number of methoxy groups -OCH3 is 1. The molecule has 0 bridgehead atoms. The zero-order valence-electron chi connectivity index (χ0n) is 15.3. The van der Waals surface area contributed by atoms with E-state index in [4.69, 9.17) is 20.8 Å². The van der Waals surface area contributed by atoms with Gasteiger partial charge in [-0.1, -0.05) is 11.6 Å². The molecule has 0 amide bonds. The number of phenolic OH excluding ortho intramolecular Hbond substituents is 1. The van der Waals surface area contributed by atoms with Crippen molar-refractivity contribution in [3.8, 4) is 23.0 Å². The highest BCUT2D eigenvalue weighted by molar-refractivity contribution is 9.13. The third-order valence-electron chi connectivity index (χ3n) is 4.29. The van der Waals surface area contributed by atoms with Crippen molar-refractivity contribution < 1.29 is 18.7 Å². The Morgan fingerprint density at radius 3 is 2.73 bits per heavy atom. The minimum Gasteiger partial charge on any atom is -0.504 e. The standard InChI is InChI=1S/C21H12Br2ClFN2O3/c1-29-18-8-14(22)19(23)13(20(18)28)9-26-11-3-5-17-16(7-11)27-21(30-17)12-4-2-10(25)6-15(12)24/h2-9,28H,1H3. The van der Waals surface area contributed by atoms with Gasteiger partial charge in [0.1, 0.15) is 11.3 Å². The van der Waals surface area contributed by atoms with Crippen LogP contribution in [-0.2, 0) is 0 Å². The summed E-state index contributed by atoms with van der Waals surface area (Å²) in [6, 6.07) is 10.9. The molecular formula is C21H12Br2ClFN2O3. The van der Waals surface area contributed by atoms with E-state index in [1.807, 2.05) is 0 Å². The number of aromatic hydroxyl groups is 1. The first-order valence-electron chi connectivity index (χ1n) is 8.52. The fourth-order valence-electron chi connectivity index (χ4n) is 2.80. The number of benzene rings is 3. The zero-order chi connectivity index (χ0) is 21.4. The molecule has 0 radical (unpaired) electrons. The summed E-state index contributed by atoms with van der Waals surface area (Å²) in [4.78, 5) is 8.86. The first kappa shape index (κ1) is 20.8. The average molecular weight is 555 g/mol. The molecule has 9 heteroatoms. The number of rotatable bonds is 4. The van der Waals surface area contributed by atoms with E-state index in [0.29, 0.717) is 42.6 Å². The van der Waals surface area contributed by atoms with E-state index < -0.39 is 5.82 Å². The Morgan fingerprint density at radius 2 is 2.00 bits per heavy atom. The maximum absolute atomic E-state index is 13.3. The number of fused-ring (bicyclic) bond motifs is 1. The maximum atomic E-state index is 13.3. The van der Waals surface area contributed by atoms with E-state index in [0.717, 1.165) is 0 Å². The van der Waals surface area contributed by atoms with Gasteiger partial charge in [-0.2, -0.15) is 0 Å². The van der Waals surface area contributed by atoms with Gasteiger partial charge in [0, 0.05) is 15.2 Å². The molecule has 4 rings (SSSR count). The SMILES string of the molecule is COc1cc(Br)c(Br)c(C=Nc2ccc3oc(-c4ccc(F)cc4Cl)nc3c2)c1O. The predicted octanol–water partition coefficient (Wildman–Crippen LogP) is 7.28. The van der Waals surface area contributed by atoms with Gasteiger partial charge in [0.05, 0.1) is 28.9 Å². The number of phenols is 1. The summed E-state index contributed by atoms with van der Waals surface area (Å²) < 4.78 is 25.6. The van der Waals surface area contributed by atoms with Crippen LogP contribution in [0.3, 0.4) is 0 Å². The van der Waals surface area contributed by atoms with Crippen LogP contribution in [0.1, 0.15) is 5.56 Å². The molecule has 0 aliphatic heterocycles. The lowest BCUT2D eigenvalue weighted by Gasteiger charge is -2.09. The summed E-state index contributed by atoms with van der Waals surface area (Å²) >= 11 is 12.9. The topological polar surface area (TPSA) is 67.9 Å². The second kappa shape index (κ2) is 8.37. The van der Waals surface area contributed by atoms with Crippen molar-refractivity contribution in [2.75, 3.05) is 7.11 Å².